The Kier molecular flexibility index (Phi) is 8.58. The summed E-state index contributed by atoms with van der Waals surface area (Å²) >= 11 is 5.90. The second-order valence-corrected chi connectivity index (χ2v) is 9.33. The first-order valence-electron chi connectivity index (χ1n) is 12.0. The fourth-order valence-corrected chi connectivity index (χ4v) is 4.47. The summed E-state index contributed by atoms with van der Waals surface area (Å²) in [5.74, 6) is -0.424. The zero-order valence-electron chi connectivity index (χ0n) is 20.7. The quantitative estimate of drug-likeness (QED) is 0.433. The predicted octanol–water partition coefficient (Wildman–Crippen LogP) is 3.58. The number of carbonyl (C=O) groups excluding carboxylic acids is 3. The predicted molar refractivity (Wildman–Crippen MR) is 140 cm³/mol. The maximum absolute atomic E-state index is 12.9. The zero-order valence-corrected chi connectivity index (χ0v) is 21.5. The molecule has 0 aliphatic carbocycles. The molecular formula is C27H29ClN4O5. The van der Waals surface area contributed by atoms with Gasteiger partial charge in [0.1, 0.15) is 5.75 Å². The third-order valence-corrected chi connectivity index (χ3v) is 6.67. The number of hydrogen-bond donors (Lipinski definition) is 2. The second-order valence-electron chi connectivity index (χ2n) is 8.90. The minimum atomic E-state index is -0.997. The lowest BCUT2D eigenvalue weighted by atomic mass is 9.95. The van der Waals surface area contributed by atoms with E-state index in [2.05, 4.69) is 15.6 Å². The number of aromatic nitrogens is 1. The molecule has 1 saturated heterocycles. The summed E-state index contributed by atoms with van der Waals surface area (Å²) in [5, 5.41) is 7.08. The molecular weight excluding hydrogens is 496 g/mol. The van der Waals surface area contributed by atoms with Crippen molar-refractivity contribution in [3.05, 3.63) is 65.3 Å². The Hall–Kier alpha value is -3.69. The highest BCUT2D eigenvalue weighted by Gasteiger charge is 2.28. The normalized spacial score (nSPS) is 15.1. The first-order valence-corrected chi connectivity index (χ1v) is 12.3. The molecule has 2 N–H and O–H groups in total. The highest BCUT2D eigenvalue weighted by Crippen LogP contribution is 2.24. The average molecular weight is 525 g/mol. The number of pyridine rings is 1. The molecule has 1 aliphatic heterocycles. The van der Waals surface area contributed by atoms with E-state index in [9.17, 15) is 14.4 Å². The van der Waals surface area contributed by atoms with Gasteiger partial charge in [0, 0.05) is 33.8 Å². The van der Waals surface area contributed by atoms with Crippen LogP contribution in [0.4, 0.5) is 5.69 Å². The van der Waals surface area contributed by atoms with E-state index in [1.165, 1.54) is 7.11 Å². The Labute approximate surface area is 220 Å². The summed E-state index contributed by atoms with van der Waals surface area (Å²) in [6, 6.07) is 13.2. The molecule has 1 atom stereocenters. The van der Waals surface area contributed by atoms with E-state index in [0.29, 0.717) is 48.0 Å². The number of esters is 1. The number of ether oxygens (including phenoxy) is 2. The van der Waals surface area contributed by atoms with Gasteiger partial charge in [-0.05, 0) is 74.5 Å². The second kappa shape index (κ2) is 12.0. The van der Waals surface area contributed by atoms with Crippen molar-refractivity contribution in [1.82, 2.24) is 15.2 Å². The highest BCUT2D eigenvalue weighted by molar-refractivity contribution is 6.30. The van der Waals surface area contributed by atoms with Crippen molar-refractivity contribution in [3.63, 3.8) is 0 Å². The summed E-state index contributed by atoms with van der Waals surface area (Å²) < 4.78 is 10.2. The summed E-state index contributed by atoms with van der Waals surface area (Å²) in [7, 11) is 2.85. The smallest absolute Gasteiger partial charge is 0.333 e. The molecule has 0 radical (unpaired) electrons. The van der Waals surface area contributed by atoms with E-state index in [1.807, 2.05) is 17.0 Å². The number of hydrogen-bond acceptors (Lipinski definition) is 7. The molecule has 9 nitrogen and oxygen atoms in total. The van der Waals surface area contributed by atoms with Crippen molar-refractivity contribution >= 4 is 46.0 Å². The van der Waals surface area contributed by atoms with Gasteiger partial charge in [-0.15, -0.1) is 0 Å². The lowest BCUT2D eigenvalue weighted by Gasteiger charge is -2.31. The zero-order chi connectivity index (χ0) is 26.4. The third kappa shape index (κ3) is 6.75. The summed E-state index contributed by atoms with van der Waals surface area (Å²) in [6.45, 7) is 1.28. The van der Waals surface area contributed by atoms with Crippen molar-refractivity contribution in [1.29, 1.82) is 0 Å². The third-order valence-electron chi connectivity index (χ3n) is 6.42. The average Bonchev–Trinajstić information content (AvgIpc) is 2.92. The van der Waals surface area contributed by atoms with E-state index in [0.717, 1.165) is 10.9 Å². The van der Waals surface area contributed by atoms with Crippen LogP contribution in [-0.2, 0) is 19.1 Å². The van der Waals surface area contributed by atoms with E-state index >= 15 is 0 Å². The number of nitrogens with one attached hydrogen (secondary N) is 2. The number of piperidine rings is 1. The molecule has 4 rings (SSSR count). The van der Waals surface area contributed by atoms with Gasteiger partial charge in [-0.2, -0.15) is 0 Å². The van der Waals surface area contributed by atoms with E-state index in [1.54, 1.807) is 49.7 Å². The number of carbonyl (C=O) groups is 3. The topological polar surface area (TPSA) is 110 Å². The van der Waals surface area contributed by atoms with Crippen LogP contribution in [0.2, 0.25) is 5.02 Å². The molecule has 2 aromatic carbocycles. The lowest BCUT2D eigenvalue weighted by Crippen LogP contribution is -2.45. The van der Waals surface area contributed by atoms with Crippen LogP contribution in [0.5, 0.6) is 5.75 Å². The number of nitrogens with zero attached hydrogens (tertiary/aromatic N) is 2. The molecule has 0 bridgehead atoms. The van der Waals surface area contributed by atoms with Gasteiger partial charge >= 0.3 is 5.97 Å². The van der Waals surface area contributed by atoms with Crippen molar-refractivity contribution < 1.29 is 23.9 Å². The number of anilines is 1. The Balaban J connectivity index is 1.34. The summed E-state index contributed by atoms with van der Waals surface area (Å²) in [6.07, 6.45) is 2.81. The first-order chi connectivity index (χ1) is 17.9. The molecule has 2 heterocycles. The van der Waals surface area contributed by atoms with Gasteiger partial charge in [0.2, 0.25) is 11.8 Å². The van der Waals surface area contributed by atoms with Gasteiger partial charge in [0.25, 0.3) is 0 Å². The monoisotopic (exact) mass is 524 g/mol. The molecule has 1 aromatic heterocycles. The van der Waals surface area contributed by atoms with Crippen LogP contribution in [0.15, 0.2) is 54.7 Å². The van der Waals surface area contributed by atoms with Crippen molar-refractivity contribution in [2.75, 3.05) is 39.2 Å². The maximum Gasteiger partial charge on any atom is 0.333 e. The standard InChI is InChI=1S/C27H29ClN4O5/c1-36-22-7-8-23-18(14-22)13-19(15-29-23)25(27(35)37-2)31-24(33)16-32-11-9-17(10-12-32)26(34)30-21-5-3-20(28)4-6-21/h3-8,13-15,17,25H,9-12,16H2,1-2H3,(H,30,34)(H,31,33). The molecule has 194 valence electrons. The molecule has 37 heavy (non-hydrogen) atoms. The molecule has 3 aromatic rings. The highest BCUT2D eigenvalue weighted by atomic mass is 35.5. The minimum Gasteiger partial charge on any atom is -0.497 e. The molecule has 1 fully saturated rings. The van der Waals surface area contributed by atoms with Crippen molar-refractivity contribution in [2.45, 2.75) is 18.9 Å². The molecule has 1 unspecified atom stereocenters. The Bertz CT molecular complexity index is 1280. The Morgan fingerprint density at radius 3 is 2.49 bits per heavy atom. The van der Waals surface area contributed by atoms with Gasteiger partial charge in [0.15, 0.2) is 6.04 Å². The molecule has 0 spiro atoms. The summed E-state index contributed by atoms with van der Waals surface area (Å²) in [5.41, 5.74) is 1.95. The van der Waals surface area contributed by atoms with E-state index in [-0.39, 0.29) is 24.3 Å². The lowest BCUT2D eigenvalue weighted by molar-refractivity contribution is -0.145. The van der Waals surface area contributed by atoms with Crippen molar-refractivity contribution in [3.8, 4) is 5.75 Å². The van der Waals surface area contributed by atoms with Crippen LogP contribution < -0.4 is 15.4 Å². The number of benzene rings is 2. The van der Waals surface area contributed by atoms with Crippen LogP contribution in [0, 0.1) is 5.92 Å². The number of methoxy groups -OCH3 is 2. The van der Waals surface area contributed by atoms with Gasteiger partial charge in [0.05, 0.1) is 26.3 Å². The largest absolute Gasteiger partial charge is 0.497 e. The Morgan fingerprint density at radius 1 is 1.08 bits per heavy atom. The van der Waals surface area contributed by atoms with Crippen LogP contribution in [-0.4, -0.2) is 61.5 Å². The van der Waals surface area contributed by atoms with Gasteiger partial charge in [-0.1, -0.05) is 11.6 Å². The molecule has 10 heteroatoms. The van der Waals surface area contributed by atoms with Crippen LogP contribution in [0.3, 0.4) is 0 Å². The first kappa shape index (κ1) is 26.4. The molecule has 0 saturated carbocycles. The molecule has 1 aliphatic rings. The summed E-state index contributed by atoms with van der Waals surface area (Å²) in [4.78, 5) is 44.4. The fraction of sp³-hybridized carbons (Fsp3) is 0.333. The number of rotatable bonds is 8. The van der Waals surface area contributed by atoms with Crippen LogP contribution in [0.1, 0.15) is 24.4 Å². The SMILES string of the molecule is COC(=O)C(NC(=O)CN1CCC(C(=O)Nc2ccc(Cl)cc2)CC1)c1cnc2ccc(OC)cc2c1. The van der Waals surface area contributed by atoms with Crippen LogP contribution >= 0.6 is 11.6 Å². The van der Waals surface area contributed by atoms with E-state index < -0.39 is 12.0 Å². The van der Waals surface area contributed by atoms with Crippen LogP contribution in [0.25, 0.3) is 10.9 Å². The van der Waals surface area contributed by atoms with E-state index in [4.69, 9.17) is 21.1 Å². The fourth-order valence-electron chi connectivity index (χ4n) is 4.35. The minimum absolute atomic E-state index is 0.0439. The number of halogens is 1. The van der Waals surface area contributed by atoms with Gasteiger partial charge in [-0.3, -0.25) is 19.5 Å². The Morgan fingerprint density at radius 2 is 1.81 bits per heavy atom. The van der Waals surface area contributed by atoms with Crippen molar-refractivity contribution in [2.24, 2.45) is 5.92 Å². The number of amides is 2. The molecule has 2 amide bonds. The maximum atomic E-state index is 12.9. The van der Waals surface area contributed by atoms with Gasteiger partial charge in [-0.25, -0.2) is 4.79 Å². The number of fused-ring (bicyclic) bond motifs is 1. The number of likely N-dealkylation sites (tertiary alicyclic amines) is 1. The van der Waals surface area contributed by atoms with Gasteiger partial charge < -0.3 is 20.1 Å².